The summed E-state index contributed by atoms with van der Waals surface area (Å²) in [5.74, 6) is -0.385. The Morgan fingerprint density at radius 1 is 1.35 bits per heavy atom. The molecule has 6 nitrogen and oxygen atoms in total. The minimum absolute atomic E-state index is 0.0256. The van der Waals surface area contributed by atoms with Crippen LogP contribution in [0.5, 0.6) is 0 Å². The summed E-state index contributed by atoms with van der Waals surface area (Å²) >= 11 is 1.71. The third kappa shape index (κ3) is 3.29. The van der Waals surface area contributed by atoms with Crippen LogP contribution in [0.15, 0.2) is 0 Å². The average molecular weight is 358 g/mol. The second-order valence-electron chi connectivity index (χ2n) is 7.55. The minimum Gasteiger partial charge on any atom is -0.284 e. The maximum absolute atomic E-state index is 12.4. The Kier molecular flexibility index (Phi) is 3.85. The normalized spacial score (nSPS) is 20.9. The summed E-state index contributed by atoms with van der Waals surface area (Å²) in [6.07, 6.45) is 3.27. The van der Waals surface area contributed by atoms with Crippen molar-refractivity contribution in [3.05, 3.63) is 15.6 Å². The van der Waals surface area contributed by atoms with Gasteiger partial charge in [-0.25, -0.2) is 13.4 Å². The molecule has 1 aliphatic carbocycles. The van der Waals surface area contributed by atoms with Crippen LogP contribution in [-0.2, 0) is 33.2 Å². The largest absolute Gasteiger partial charge is 0.284 e. The van der Waals surface area contributed by atoms with Crippen LogP contribution in [0, 0.1) is 0 Å². The van der Waals surface area contributed by atoms with Crippen LogP contribution < -0.4 is 4.72 Å². The predicted octanol–water partition coefficient (Wildman–Crippen LogP) is 1.41. The molecular formula is C15H23N3O3S2. The van der Waals surface area contributed by atoms with Gasteiger partial charge in [0.15, 0.2) is 0 Å². The molecule has 23 heavy (non-hydrogen) atoms. The van der Waals surface area contributed by atoms with Gasteiger partial charge in [0.2, 0.25) is 10.0 Å². The smallest absolute Gasteiger partial charge is 0.253 e. The summed E-state index contributed by atoms with van der Waals surface area (Å²) in [5, 5.41) is 1.12. The first kappa shape index (κ1) is 16.9. The van der Waals surface area contributed by atoms with Crippen molar-refractivity contribution in [2.75, 3.05) is 12.8 Å². The molecule has 0 aromatic carbocycles. The quantitative estimate of drug-likeness (QED) is 0.885. The zero-order valence-electron chi connectivity index (χ0n) is 14.0. The number of hydrogen-bond donors (Lipinski definition) is 1. The fourth-order valence-corrected chi connectivity index (χ4v) is 4.66. The lowest BCUT2D eigenvalue weighted by Gasteiger charge is -2.33. The van der Waals surface area contributed by atoms with Crippen LogP contribution in [0.4, 0.5) is 0 Å². The Balaban J connectivity index is 1.79. The van der Waals surface area contributed by atoms with E-state index in [4.69, 9.17) is 4.98 Å². The highest BCUT2D eigenvalue weighted by Crippen LogP contribution is 2.45. The molecule has 1 aromatic rings. The molecule has 0 unspecified atom stereocenters. The number of hydrogen-bond acceptors (Lipinski definition) is 6. The van der Waals surface area contributed by atoms with Gasteiger partial charge in [-0.1, -0.05) is 20.8 Å². The number of rotatable bonds is 3. The van der Waals surface area contributed by atoms with Crippen molar-refractivity contribution in [3.8, 4) is 0 Å². The zero-order chi connectivity index (χ0) is 17.0. The standard InChI is InChI=1S/C15H23N3O3S2/c1-14(2,3)13-16-10-5-8-18(9-11(10)22-13)15(6-7-15)12(19)17-23(4,20)21/h5-9H2,1-4H3,(H,17,19). The molecule has 8 heteroatoms. The predicted molar refractivity (Wildman–Crippen MR) is 89.9 cm³/mol. The minimum atomic E-state index is -3.52. The first-order chi connectivity index (χ1) is 10.5. The highest BCUT2D eigenvalue weighted by atomic mass is 32.2. The SMILES string of the molecule is CC(C)(C)c1nc2c(s1)CN(C1(C(=O)NS(C)(=O)=O)CC1)CC2. The number of amides is 1. The maximum atomic E-state index is 12.4. The van der Waals surface area contributed by atoms with Crippen molar-refractivity contribution in [2.45, 2.75) is 57.5 Å². The first-order valence-electron chi connectivity index (χ1n) is 7.78. The van der Waals surface area contributed by atoms with Crippen molar-refractivity contribution in [1.29, 1.82) is 0 Å². The Hall–Kier alpha value is -0.990. The van der Waals surface area contributed by atoms with Gasteiger partial charge >= 0.3 is 0 Å². The Morgan fingerprint density at radius 2 is 2.00 bits per heavy atom. The van der Waals surface area contributed by atoms with Crippen LogP contribution in [-0.4, -0.2) is 42.5 Å². The number of carbonyl (C=O) groups is 1. The molecule has 1 aliphatic heterocycles. The van der Waals surface area contributed by atoms with E-state index in [9.17, 15) is 13.2 Å². The number of nitrogens with one attached hydrogen (secondary N) is 1. The highest BCUT2D eigenvalue weighted by Gasteiger charge is 2.55. The maximum Gasteiger partial charge on any atom is 0.253 e. The molecular weight excluding hydrogens is 334 g/mol. The Morgan fingerprint density at radius 3 is 2.52 bits per heavy atom. The van der Waals surface area contributed by atoms with Crippen molar-refractivity contribution in [1.82, 2.24) is 14.6 Å². The molecule has 1 saturated carbocycles. The molecule has 2 aliphatic rings. The van der Waals surface area contributed by atoms with Crippen LogP contribution >= 0.6 is 11.3 Å². The van der Waals surface area contributed by atoms with E-state index in [2.05, 4.69) is 30.4 Å². The molecule has 1 aromatic heterocycles. The van der Waals surface area contributed by atoms with Gasteiger partial charge in [-0.15, -0.1) is 11.3 Å². The van der Waals surface area contributed by atoms with Crippen LogP contribution in [0.3, 0.4) is 0 Å². The van der Waals surface area contributed by atoms with Crippen molar-refractivity contribution in [2.24, 2.45) is 0 Å². The number of sulfonamides is 1. The molecule has 0 spiro atoms. The Labute approximate surface area is 141 Å². The van der Waals surface area contributed by atoms with Crippen LogP contribution in [0.25, 0.3) is 0 Å². The Bertz CT molecular complexity index is 743. The number of fused-ring (bicyclic) bond motifs is 1. The van der Waals surface area contributed by atoms with E-state index in [0.29, 0.717) is 19.4 Å². The summed E-state index contributed by atoms with van der Waals surface area (Å²) in [6.45, 7) is 7.88. The van der Waals surface area contributed by atoms with Crippen LogP contribution in [0.1, 0.15) is 49.2 Å². The molecule has 1 fully saturated rings. The fourth-order valence-electron chi connectivity index (χ4n) is 2.95. The van der Waals surface area contributed by atoms with Crippen molar-refractivity contribution < 1.29 is 13.2 Å². The molecule has 2 heterocycles. The van der Waals surface area contributed by atoms with E-state index in [1.165, 1.54) is 4.88 Å². The molecule has 0 bridgehead atoms. The van der Waals surface area contributed by atoms with Gasteiger partial charge in [-0.05, 0) is 12.8 Å². The molecule has 0 radical (unpaired) electrons. The third-order valence-electron chi connectivity index (χ3n) is 4.40. The highest BCUT2D eigenvalue weighted by molar-refractivity contribution is 7.89. The van der Waals surface area contributed by atoms with E-state index < -0.39 is 15.6 Å². The van der Waals surface area contributed by atoms with Crippen molar-refractivity contribution in [3.63, 3.8) is 0 Å². The molecule has 0 atom stereocenters. The molecule has 0 saturated heterocycles. The topological polar surface area (TPSA) is 79.4 Å². The van der Waals surface area contributed by atoms with Gasteiger partial charge in [-0.2, -0.15) is 0 Å². The number of aromatic nitrogens is 1. The monoisotopic (exact) mass is 357 g/mol. The lowest BCUT2D eigenvalue weighted by Crippen LogP contribution is -2.51. The van der Waals surface area contributed by atoms with E-state index in [-0.39, 0.29) is 11.3 Å². The third-order valence-corrected chi connectivity index (χ3v) is 6.47. The molecule has 3 rings (SSSR count). The summed E-state index contributed by atoms with van der Waals surface area (Å²) in [5.41, 5.74) is 0.514. The average Bonchev–Trinajstić information content (AvgIpc) is 3.08. The summed E-state index contributed by atoms with van der Waals surface area (Å²) in [6, 6.07) is 0. The first-order valence-corrected chi connectivity index (χ1v) is 10.5. The van der Waals surface area contributed by atoms with Gasteiger partial charge in [0.05, 0.1) is 17.0 Å². The van der Waals surface area contributed by atoms with E-state index >= 15 is 0 Å². The van der Waals surface area contributed by atoms with E-state index in [0.717, 1.165) is 29.9 Å². The van der Waals surface area contributed by atoms with Gasteiger partial charge in [0.25, 0.3) is 5.91 Å². The number of thiazole rings is 1. The summed E-state index contributed by atoms with van der Waals surface area (Å²) < 4.78 is 24.9. The van der Waals surface area contributed by atoms with Gasteiger partial charge in [0.1, 0.15) is 5.54 Å². The molecule has 1 N–H and O–H groups in total. The second kappa shape index (κ2) is 5.26. The van der Waals surface area contributed by atoms with Crippen LogP contribution in [0.2, 0.25) is 0 Å². The number of carbonyl (C=O) groups excluding carboxylic acids is 1. The van der Waals surface area contributed by atoms with Crippen molar-refractivity contribution >= 4 is 27.3 Å². The lowest BCUT2D eigenvalue weighted by molar-refractivity contribution is -0.126. The summed E-state index contributed by atoms with van der Waals surface area (Å²) in [4.78, 5) is 20.5. The van der Waals surface area contributed by atoms with E-state index in [1.54, 1.807) is 11.3 Å². The second-order valence-corrected chi connectivity index (χ2v) is 10.4. The van der Waals surface area contributed by atoms with Gasteiger partial charge < -0.3 is 0 Å². The molecule has 1 amide bonds. The van der Waals surface area contributed by atoms with E-state index in [1.807, 2.05) is 0 Å². The van der Waals surface area contributed by atoms with Gasteiger partial charge in [0, 0.05) is 29.8 Å². The fraction of sp³-hybridized carbons (Fsp3) is 0.733. The molecule has 128 valence electrons. The van der Waals surface area contributed by atoms with Gasteiger partial charge in [-0.3, -0.25) is 14.4 Å². The number of nitrogens with zero attached hydrogens (tertiary/aromatic N) is 2. The summed E-state index contributed by atoms with van der Waals surface area (Å²) in [7, 11) is -3.52. The lowest BCUT2D eigenvalue weighted by atomic mass is 9.98. The zero-order valence-corrected chi connectivity index (χ0v) is 15.6.